The highest BCUT2D eigenvalue weighted by Gasteiger charge is 2.40. The lowest BCUT2D eigenvalue weighted by Crippen LogP contribution is -2.32. The van der Waals surface area contributed by atoms with Crippen LogP contribution in [0.15, 0.2) is 78.5 Å². The van der Waals surface area contributed by atoms with E-state index in [2.05, 4.69) is 5.32 Å². The van der Waals surface area contributed by atoms with E-state index in [1.165, 1.54) is 4.90 Å². The normalized spacial score (nSPS) is 14.0. The van der Waals surface area contributed by atoms with Gasteiger partial charge in [0, 0.05) is 10.7 Å². The van der Waals surface area contributed by atoms with E-state index in [1.807, 2.05) is 62.4 Å². The molecule has 1 N–H and O–H groups in total. The number of hydrogen-bond acceptors (Lipinski definition) is 3. The number of nitrogens with one attached hydrogen (secondary N) is 1. The Morgan fingerprint density at radius 1 is 0.793 bits per heavy atom. The fourth-order valence-corrected chi connectivity index (χ4v) is 3.43. The van der Waals surface area contributed by atoms with Crippen LogP contribution in [-0.4, -0.2) is 11.8 Å². The van der Waals surface area contributed by atoms with E-state index < -0.39 is 5.91 Å². The maximum absolute atomic E-state index is 13.4. The number of benzene rings is 3. The lowest BCUT2D eigenvalue weighted by molar-refractivity contribution is -0.120. The van der Waals surface area contributed by atoms with E-state index >= 15 is 0 Å². The van der Waals surface area contributed by atoms with E-state index in [0.29, 0.717) is 21.8 Å². The molecule has 0 radical (unpaired) electrons. The molecule has 0 spiro atoms. The zero-order chi connectivity index (χ0) is 20.5. The highest BCUT2D eigenvalue weighted by Crippen LogP contribution is 2.34. The maximum Gasteiger partial charge on any atom is 0.282 e. The van der Waals surface area contributed by atoms with Crippen molar-refractivity contribution < 1.29 is 9.59 Å². The van der Waals surface area contributed by atoms with Crippen LogP contribution in [0.5, 0.6) is 0 Å². The lowest BCUT2D eigenvalue weighted by Gasteiger charge is -2.15. The topological polar surface area (TPSA) is 49.4 Å². The van der Waals surface area contributed by atoms with Crippen molar-refractivity contribution in [3.8, 4) is 0 Å². The highest BCUT2D eigenvalue weighted by molar-refractivity contribution is 6.46. The van der Waals surface area contributed by atoms with Gasteiger partial charge in [-0.05, 0) is 66.9 Å². The van der Waals surface area contributed by atoms with Crippen LogP contribution in [-0.2, 0) is 9.59 Å². The highest BCUT2D eigenvalue weighted by atomic mass is 35.5. The van der Waals surface area contributed by atoms with Gasteiger partial charge in [-0.25, -0.2) is 4.90 Å². The maximum atomic E-state index is 13.4. The molecule has 4 rings (SSSR count). The molecule has 0 fully saturated rings. The number of nitrogens with zero attached hydrogens (tertiary/aromatic N) is 1. The SMILES string of the molecule is Cc1ccc(C2=C(Nc3ccccc3)C(=O)N(c3ccc(Cl)cc3)C2=O)cc1C. The second kappa shape index (κ2) is 7.57. The van der Waals surface area contributed by atoms with Gasteiger partial charge in [0.15, 0.2) is 0 Å². The summed E-state index contributed by atoms with van der Waals surface area (Å²) in [5.41, 5.74) is 4.73. The van der Waals surface area contributed by atoms with Gasteiger partial charge in [0.25, 0.3) is 11.8 Å². The Kier molecular flexibility index (Phi) is 4.95. The van der Waals surface area contributed by atoms with E-state index in [-0.39, 0.29) is 11.6 Å². The number of amides is 2. The van der Waals surface area contributed by atoms with Crippen molar-refractivity contribution in [2.24, 2.45) is 0 Å². The van der Waals surface area contributed by atoms with Crippen molar-refractivity contribution in [2.45, 2.75) is 13.8 Å². The first kappa shape index (κ1) is 19.0. The van der Waals surface area contributed by atoms with Crippen molar-refractivity contribution in [3.63, 3.8) is 0 Å². The molecule has 0 saturated carbocycles. The second-order valence-corrected chi connectivity index (χ2v) is 7.40. The fraction of sp³-hybridized carbons (Fsp3) is 0.0833. The van der Waals surface area contributed by atoms with Crippen molar-refractivity contribution >= 4 is 40.4 Å². The molecule has 5 heteroatoms. The molecule has 0 aromatic heterocycles. The summed E-state index contributed by atoms with van der Waals surface area (Å²) >= 11 is 5.97. The van der Waals surface area contributed by atoms with Crippen molar-refractivity contribution in [3.05, 3.63) is 100 Å². The van der Waals surface area contributed by atoms with Gasteiger partial charge in [-0.3, -0.25) is 9.59 Å². The van der Waals surface area contributed by atoms with Gasteiger partial charge >= 0.3 is 0 Å². The molecule has 0 saturated heterocycles. The number of halogens is 1. The second-order valence-electron chi connectivity index (χ2n) is 6.96. The molecule has 29 heavy (non-hydrogen) atoms. The summed E-state index contributed by atoms with van der Waals surface area (Å²) in [6, 6.07) is 21.8. The average Bonchev–Trinajstić information content (AvgIpc) is 2.96. The third-order valence-electron chi connectivity index (χ3n) is 5.01. The number of anilines is 2. The molecule has 4 nitrogen and oxygen atoms in total. The number of rotatable bonds is 4. The molecule has 144 valence electrons. The van der Waals surface area contributed by atoms with E-state index in [9.17, 15) is 9.59 Å². The van der Waals surface area contributed by atoms with Crippen molar-refractivity contribution in [1.29, 1.82) is 0 Å². The van der Waals surface area contributed by atoms with E-state index in [0.717, 1.165) is 16.8 Å². The van der Waals surface area contributed by atoms with Crippen LogP contribution in [0.3, 0.4) is 0 Å². The Hall–Kier alpha value is -3.37. The Morgan fingerprint density at radius 2 is 1.48 bits per heavy atom. The first-order valence-corrected chi connectivity index (χ1v) is 9.62. The standard InChI is InChI=1S/C24H19ClN2O2/c1-15-8-9-17(14-16(15)2)21-22(26-19-6-4-3-5-7-19)24(29)27(23(21)28)20-12-10-18(25)11-13-20/h3-14,26H,1-2H3. The molecule has 3 aromatic rings. The smallest absolute Gasteiger partial charge is 0.282 e. The summed E-state index contributed by atoms with van der Waals surface area (Å²) < 4.78 is 0. The summed E-state index contributed by atoms with van der Waals surface area (Å²) in [6.45, 7) is 4.00. The zero-order valence-electron chi connectivity index (χ0n) is 16.1. The van der Waals surface area contributed by atoms with Gasteiger partial charge in [-0.2, -0.15) is 0 Å². The minimum Gasteiger partial charge on any atom is -0.350 e. The van der Waals surface area contributed by atoms with Crippen LogP contribution < -0.4 is 10.2 Å². The fourth-order valence-electron chi connectivity index (χ4n) is 3.30. The van der Waals surface area contributed by atoms with E-state index in [1.54, 1.807) is 24.3 Å². The summed E-state index contributed by atoms with van der Waals surface area (Å²) in [6.07, 6.45) is 0. The predicted octanol–water partition coefficient (Wildman–Crippen LogP) is 5.35. The van der Waals surface area contributed by atoms with Gasteiger partial charge in [0.2, 0.25) is 0 Å². The van der Waals surface area contributed by atoms with Gasteiger partial charge in [-0.15, -0.1) is 0 Å². The number of para-hydroxylation sites is 1. The van der Waals surface area contributed by atoms with Crippen LogP contribution >= 0.6 is 11.6 Å². The van der Waals surface area contributed by atoms with Crippen LogP contribution in [0.4, 0.5) is 11.4 Å². The molecular formula is C24H19ClN2O2. The monoisotopic (exact) mass is 402 g/mol. The minimum atomic E-state index is -0.394. The molecule has 2 amide bonds. The van der Waals surface area contributed by atoms with Crippen molar-refractivity contribution in [1.82, 2.24) is 0 Å². The van der Waals surface area contributed by atoms with Crippen LogP contribution in [0.2, 0.25) is 5.02 Å². The van der Waals surface area contributed by atoms with E-state index in [4.69, 9.17) is 11.6 Å². The van der Waals surface area contributed by atoms with Gasteiger partial charge < -0.3 is 5.32 Å². The number of carbonyl (C=O) groups excluding carboxylic acids is 2. The molecule has 0 unspecified atom stereocenters. The first-order valence-electron chi connectivity index (χ1n) is 9.24. The zero-order valence-corrected chi connectivity index (χ0v) is 16.8. The Labute approximate surface area is 174 Å². The molecule has 0 atom stereocenters. The number of imide groups is 1. The third kappa shape index (κ3) is 3.55. The Morgan fingerprint density at radius 3 is 2.14 bits per heavy atom. The van der Waals surface area contributed by atoms with Gasteiger partial charge in [0.1, 0.15) is 5.70 Å². The Balaban J connectivity index is 1.84. The number of hydrogen-bond donors (Lipinski definition) is 1. The lowest BCUT2D eigenvalue weighted by atomic mass is 9.99. The quantitative estimate of drug-likeness (QED) is 0.598. The average molecular weight is 403 g/mol. The molecule has 1 aliphatic heterocycles. The van der Waals surface area contributed by atoms with Crippen molar-refractivity contribution in [2.75, 3.05) is 10.2 Å². The summed E-state index contributed by atoms with van der Waals surface area (Å²) in [7, 11) is 0. The summed E-state index contributed by atoms with van der Waals surface area (Å²) in [5.74, 6) is -0.756. The summed E-state index contributed by atoms with van der Waals surface area (Å²) in [5, 5.41) is 3.70. The number of carbonyl (C=O) groups is 2. The summed E-state index contributed by atoms with van der Waals surface area (Å²) in [4.78, 5) is 27.9. The molecule has 0 aliphatic carbocycles. The molecular weight excluding hydrogens is 384 g/mol. The molecule has 1 heterocycles. The van der Waals surface area contributed by atoms with Gasteiger partial charge in [0.05, 0.1) is 11.3 Å². The molecule has 1 aliphatic rings. The molecule has 0 bridgehead atoms. The van der Waals surface area contributed by atoms with Crippen LogP contribution in [0.25, 0.3) is 5.57 Å². The minimum absolute atomic E-state index is 0.263. The molecule has 3 aromatic carbocycles. The third-order valence-corrected chi connectivity index (χ3v) is 5.26. The number of aryl methyl sites for hydroxylation is 2. The van der Waals surface area contributed by atoms with Gasteiger partial charge in [-0.1, -0.05) is 48.0 Å². The largest absolute Gasteiger partial charge is 0.350 e. The predicted molar refractivity (Wildman–Crippen MR) is 117 cm³/mol. The Bertz CT molecular complexity index is 1140. The van der Waals surface area contributed by atoms with Crippen LogP contribution in [0.1, 0.15) is 16.7 Å². The first-order chi connectivity index (χ1) is 14.0. The van der Waals surface area contributed by atoms with Crippen LogP contribution in [0, 0.1) is 13.8 Å².